The van der Waals surface area contributed by atoms with Gasteiger partial charge < -0.3 is 10.2 Å². The number of anilines is 1. The average molecular weight is 308 g/mol. The first-order valence-corrected chi connectivity index (χ1v) is 8.46. The van der Waals surface area contributed by atoms with E-state index in [1.807, 2.05) is 35.2 Å². The second-order valence-corrected chi connectivity index (χ2v) is 6.22. The summed E-state index contributed by atoms with van der Waals surface area (Å²) in [6.45, 7) is 2.85. The predicted octanol–water partition coefficient (Wildman–Crippen LogP) is 4.84. The number of aryl methyl sites for hydroxylation is 1. The SMILES string of the molecule is CCCc1ccc(NC(=O)N(Cc2ccccc2)C2CC2)cc1. The summed E-state index contributed by atoms with van der Waals surface area (Å²) in [5.41, 5.74) is 3.36. The molecule has 23 heavy (non-hydrogen) atoms. The van der Waals surface area contributed by atoms with Crippen LogP contribution < -0.4 is 5.32 Å². The molecule has 120 valence electrons. The Labute approximate surface area is 138 Å². The summed E-state index contributed by atoms with van der Waals surface area (Å²) in [7, 11) is 0. The van der Waals surface area contributed by atoms with E-state index in [-0.39, 0.29) is 6.03 Å². The minimum atomic E-state index is -0.000375. The smallest absolute Gasteiger partial charge is 0.317 e. The monoisotopic (exact) mass is 308 g/mol. The molecule has 1 aliphatic rings. The van der Waals surface area contributed by atoms with Crippen LogP contribution in [0.5, 0.6) is 0 Å². The minimum absolute atomic E-state index is 0.000375. The molecule has 0 aliphatic heterocycles. The van der Waals surface area contributed by atoms with Crippen LogP contribution in [0, 0.1) is 0 Å². The van der Waals surface area contributed by atoms with Crippen molar-refractivity contribution in [2.24, 2.45) is 0 Å². The van der Waals surface area contributed by atoms with E-state index < -0.39 is 0 Å². The maximum Gasteiger partial charge on any atom is 0.322 e. The van der Waals surface area contributed by atoms with Crippen molar-refractivity contribution in [3.05, 3.63) is 65.7 Å². The summed E-state index contributed by atoms with van der Waals surface area (Å²) in [5, 5.41) is 3.04. The van der Waals surface area contributed by atoms with Crippen LogP contribution in [-0.4, -0.2) is 17.0 Å². The zero-order valence-electron chi connectivity index (χ0n) is 13.7. The second kappa shape index (κ2) is 7.32. The second-order valence-electron chi connectivity index (χ2n) is 6.22. The number of hydrogen-bond acceptors (Lipinski definition) is 1. The molecule has 3 heteroatoms. The van der Waals surface area contributed by atoms with E-state index in [1.54, 1.807) is 0 Å². The van der Waals surface area contributed by atoms with E-state index in [9.17, 15) is 4.79 Å². The number of rotatable bonds is 6. The number of hydrogen-bond donors (Lipinski definition) is 1. The van der Waals surface area contributed by atoms with Gasteiger partial charge in [0, 0.05) is 18.3 Å². The van der Waals surface area contributed by atoms with E-state index in [1.165, 1.54) is 11.1 Å². The molecule has 1 saturated carbocycles. The molecule has 0 heterocycles. The molecule has 3 nitrogen and oxygen atoms in total. The van der Waals surface area contributed by atoms with Gasteiger partial charge in [0.15, 0.2) is 0 Å². The van der Waals surface area contributed by atoms with Gasteiger partial charge in [0.25, 0.3) is 0 Å². The van der Waals surface area contributed by atoms with Gasteiger partial charge in [0.1, 0.15) is 0 Å². The zero-order valence-corrected chi connectivity index (χ0v) is 13.7. The zero-order chi connectivity index (χ0) is 16.1. The first-order chi connectivity index (χ1) is 11.3. The Bertz CT molecular complexity index is 632. The summed E-state index contributed by atoms with van der Waals surface area (Å²) in [5.74, 6) is 0. The molecule has 0 spiro atoms. The van der Waals surface area contributed by atoms with Crippen molar-refractivity contribution in [2.75, 3.05) is 5.32 Å². The quantitative estimate of drug-likeness (QED) is 0.814. The van der Waals surface area contributed by atoms with E-state index in [0.717, 1.165) is 31.4 Å². The molecule has 0 saturated heterocycles. The maximum atomic E-state index is 12.6. The fraction of sp³-hybridized carbons (Fsp3) is 0.350. The molecule has 0 unspecified atom stereocenters. The lowest BCUT2D eigenvalue weighted by Crippen LogP contribution is -2.36. The first-order valence-electron chi connectivity index (χ1n) is 8.46. The molecule has 2 aromatic carbocycles. The number of nitrogens with one attached hydrogen (secondary N) is 1. The van der Waals surface area contributed by atoms with Crippen LogP contribution in [0.3, 0.4) is 0 Å². The fourth-order valence-electron chi connectivity index (χ4n) is 2.77. The van der Waals surface area contributed by atoms with Gasteiger partial charge in [0.05, 0.1) is 0 Å². The molecule has 1 aliphatic carbocycles. The Morgan fingerprint density at radius 2 is 1.74 bits per heavy atom. The van der Waals surface area contributed by atoms with Crippen molar-refractivity contribution in [1.82, 2.24) is 4.90 Å². The number of amides is 2. The summed E-state index contributed by atoms with van der Waals surface area (Å²) >= 11 is 0. The average Bonchev–Trinajstić information content (AvgIpc) is 3.40. The van der Waals surface area contributed by atoms with Crippen molar-refractivity contribution in [1.29, 1.82) is 0 Å². The highest BCUT2D eigenvalue weighted by molar-refractivity contribution is 5.89. The van der Waals surface area contributed by atoms with Gasteiger partial charge in [-0.1, -0.05) is 55.8 Å². The van der Waals surface area contributed by atoms with Crippen LogP contribution in [0.4, 0.5) is 10.5 Å². The summed E-state index contributed by atoms with van der Waals surface area (Å²) in [6.07, 6.45) is 4.43. The molecule has 1 fully saturated rings. The van der Waals surface area contributed by atoms with E-state index in [0.29, 0.717) is 12.6 Å². The Balaban J connectivity index is 1.64. The normalized spacial score (nSPS) is 13.6. The summed E-state index contributed by atoms with van der Waals surface area (Å²) < 4.78 is 0. The number of urea groups is 1. The highest BCUT2D eigenvalue weighted by atomic mass is 16.2. The molecule has 0 radical (unpaired) electrons. The standard InChI is InChI=1S/C20H24N2O/c1-2-6-16-9-11-18(12-10-16)21-20(23)22(19-13-14-19)15-17-7-4-3-5-8-17/h3-5,7-12,19H,2,6,13-15H2,1H3,(H,21,23). The Kier molecular flexibility index (Phi) is 4.96. The highest BCUT2D eigenvalue weighted by Crippen LogP contribution is 2.29. The van der Waals surface area contributed by atoms with Crippen molar-refractivity contribution in [3.63, 3.8) is 0 Å². The molecule has 2 amide bonds. The maximum absolute atomic E-state index is 12.6. The third kappa shape index (κ3) is 4.35. The molecule has 2 aromatic rings. The molecule has 0 atom stereocenters. The van der Waals surface area contributed by atoms with Gasteiger partial charge >= 0.3 is 6.03 Å². The molecule has 3 rings (SSSR count). The van der Waals surface area contributed by atoms with Crippen molar-refractivity contribution >= 4 is 11.7 Å². The molecule has 1 N–H and O–H groups in total. The molecule has 0 bridgehead atoms. The van der Waals surface area contributed by atoms with E-state index in [2.05, 4.69) is 36.5 Å². The van der Waals surface area contributed by atoms with Crippen molar-refractivity contribution in [3.8, 4) is 0 Å². The Morgan fingerprint density at radius 3 is 2.35 bits per heavy atom. The van der Waals surface area contributed by atoms with Crippen molar-refractivity contribution < 1.29 is 4.79 Å². The highest BCUT2D eigenvalue weighted by Gasteiger charge is 2.32. The van der Waals surface area contributed by atoms with Crippen LogP contribution in [0.15, 0.2) is 54.6 Å². The van der Waals surface area contributed by atoms with E-state index >= 15 is 0 Å². The third-order valence-electron chi connectivity index (χ3n) is 4.19. The lowest BCUT2D eigenvalue weighted by Gasteiger charge is -2.23. The molecular formula is C20H24N2O. The number of carbonyl (C=O) groups excluding carboxylic acids is 1. The molecular weight excluding hydrogens is 284 g/mol. The van der Waals surface area contributed by atoms with Crippen LogP contribution in [-0.2, 0) is 13.0 Å². The predicted molar refractivity (Wildman–Crippen MR) is 94.5 cm³/mol. The lowest BCUT2D eigenvalue weighted by molar-refractivity contribution is 0.206. The minimum Gasteiger partial charge on any atom is -0.317 e. The Hall–Kier alpha value is -2.29. The van der Waals surface area contributed by atoms with Crippen LogP contribution in [0.2, 0.25) is 0 Å². The van der Waals surface area contributed by atoms with Crippen molar-refractivity contribution in [2.45, 2.75) is 45.2 Å². The van der Waals surface area contributed by atoms with Gasteiger partial charge in [-0.25, -0.2) is 4.79 Å². The number of carbonyl (C=O) groups is 1. The van der Waals surface area contributed by atoms with Crippen LogP contribution in [0.25, 0.3) is 0 Å². The number of benzene rings is 2. The fourth-order valence-corrected chi connectivity index (χ4v) is 2.77. The van der Waals surface area contributed by atoms with Gasteiger partial charge in [0.2, 0.25) is 0 Å². The van der Waals surface area contributed by atoms with Gasteiger partial charge in [-0.15, -0.1) is 0 Å². The largest absolute Gasteiger partial charge is 0.322 e. The van der Waals surface area contributed by atoms with E-state index in [4.69, 9.17) is 0 Å². The summed E-state index contributed by atoms with van der Waals surface area (Å²) in [6, 6.07) is 18.7. The molecule has 0 aromatic heterocycles. The third-order valence-corrected chi connectivity index (χ3v) is 4.19. The van der Waals surface area contributed by atoms with Crippen LogP contribution >= 0.6 is 0 Å². The van der Waals surface area contributed by atoms with Crippen LogP contribution in [0.1, 0.15) is 37.3 Å². The summed E-state index contributed by atoms with van der Waals surface area (Å²) in [4.78, 5) is 14.6. The first kappa shape index (κ1) is 15.6. The van der Waals surface area contributed by atoms with Gasteiger partial charge in [-0.3, -0.25) is 0 Å². The Morgan fingerprint density at radius 1 is 1.04 bits per heavy atom. The van der Waals surface area contributed by atoms with Gasteiger partial charge in [-0.2, -0.15) is 0 Å². The topological polar surface area (TPSA) is 32.3 Å². The van der Waals surface area contributed by atoms with Gasteiger partial charge in [-0.05, 0) is 42.5 Å². The number of nitrogens with zero attached hydrogens (tertiary/aromatic N) is 1. The lowest BCUT2D eigenvalue weighted by atomic mass is 10.1.